The van der Waals surface area contributed by atoms with Gasteiger partial charge < -0.3 is 10.4 Å². The number of benzene rings is 1. The molecule has 1 aromatic heterocycles. The average molecular weight is 342 g/mol. The third-order valence-electron chi connectivity index (χ3n) is 3.16. The van der Waals surface area contributed by atoms with Gasteiger partial charge in [-0.05, 0) is 43.7 Å². The summed E-state index contributed by atoms with van der Waals surface area (Å²) < 4.78 is 1.62. The van der Waals surface area contributed by atoms with Gasteiger partial charge in [-0.25, -0.2) is 0 Å². The van der Waals surface area contributed by atoms with Gasteiger partial charge in [-0.1, -0.05) is 23.2 Å². The largest absolute Gasteiger partial charge is 0.387 e. The molecule has 5 nitrogen and oxygen atoms in total. The maximum absolute atomic E-state index is 12.2. The van der Waals surface area contributed by atoms with E-state index < -0.39 is 6.10 Å². The number of hydrogen-bond acceptors (Lipinski definition) is 3. The molecule has 0 aliphatic rings. The van der Waals surface area contributed by atoms with Crippen molar-refractivity contribution in [3.63, 3.8) is 0 Å². The highest BCUT2D eigenvalue weighted by atomic mass is 35.5. The van der Waals surface area contributed by atoms with Crippen LogP contribution in [0.25, 0.3) is 0 Å². The van der Waals surface area contributed by atoms with Crippen LogP contribution < -0.4 is 5.32 Å². The third kappa shape index (κ3) is 4.00. The van der Waals surface area contributed by atoms with Crippen molar-refractivity contribution < 1.29 is 9.90 Å². The molecule has 0 saturated heterocycles. The number of aryl methyl sites for hydroxylation is 2. The Kier molecular flexibility index (Phi) is 5.45. The maximum atomic E-state index is 12.2. The van der Waals surface area contributed by atoms with Crippen molar-refractivity contribution in [1.82, 2.24) is 15.1 Å². The van der Waals surface area contributed by atoms with E-state index in [0.29, 0.717) is 27.8 Å². The summed E-state index contributed by atoms with van der Waals surface area (Å²) in [6.45, 7) is 4.39. The highest BCUT2D eigenvalue weighted by molar-refractivity contribution is 6.34. The average Bonchev–Trinajstić information content (AvgIpc) is 2.84. The van der Waals surface area contributed by atoms with Crippen LogP contribution in [0.4, 0.5) is 0 Å². The van der Waals surface area contributed by atoms with Crippen LogP contribution in [0.3, 0.4) is 0 Å². The Morgan fingerprint density at radius 2 is 1.95 bits per heavy atom. The lowest BCUT2D eigenvalue weighted by molar-refractivity contribution is 0.0906. The van der Waals surface area contributed by atoms with Crippen LogP contribution in [0.1, 0.15) is 34.8 Å². The molecule has 0 saturated carbocycles. The van der Waals surface area contributed by atoms with Gasteiger partial charge in [-0.3, -0.25) is 9.48 Å². The van der Waals surface area contributed by atoms with Crippen LogP contribution in [0.5, 0.6) is 0 Å². The molecule has 2 rings (SSSR count). The quantitative estimate of drug-likeness (QED) is 0.878. The van der Waals surface area contributed by atoms with Gasteiger partial charge in [-0.2, -0.15) is 5.10 Å². The normalized spacial score (nSPS) is 12.2. The minimum Gasteiger partial charge on any atom is -0.387 e. The van der Waals surface area contributed by atoms with Crippen molar-refractivity contribution >= 4 is 29.1 Å². The van der Waals surface area contributed by atoms with Crippen molar-refractivity contribution in [2.45, 2.75) is 26.5 Å². The Hall–Kier alpha value is -1.56. The Morgan fingerprint density at radius 3 is 2.55 bits per heavy atom. The number of carbonyl (C=O) groups is 1. The SMILES string of the molecule is CCn1nc(C)cc1C(=O)NCC(O)c1cc(Cl)cc(Cl)c1. The molecule has 1 amide bonds. The van der Waals surface area contributed by atoms with Gasteiger partial charge in [0.2, 0.25) is 0 Å². The first-order valence-corrected chi connectivity index (χ1v) is 7.63. The summed E-state index contributed by atoms with van der Waals surface area (Å²) >= 11 is 11.8. The van der Waals surface area contributed by atoms with E-state index in [4.69, 9.17) is 23.2 Å². The highest BCUT2D eigenvalue weighted by Crippen LogP contribution is 2.23. The van der Waals surface area contributed by atoms with Crippen LogP contribution in [-0.4, -0.2) is 27.3 Å². The Morgan fingerprint density at radius 1 is 1.32 bits per heavy atom. The maximum Gasteiger partial charge on any atom is 0.269 e. The predicted octanol–water partition coefficient (Wildman–Crippen LogP) is 2.98. The second kappa shape index (κ2) is 7.13. The molecule has 0 fully saturated rings. The summed E-state index contributed by atoms with van der Waals surface area (Å²) in [5.74, 6) is -0.283. The first-order valence-electron chi connectivity index (χ1n) is 6.87. The van der Waals surface area contributed by atoms with Crippen molar-refractivity contribution in [1.29, 1.82) is 0 Å². The number of aromatic nitrogens is 2. The zero-order valence-electron chi connectivity index (χ0n) is 12.3. The summed E-state index contributed by atoms with van der Waals surface area (Å²) in [5, 5.41) is 17.9. The summed E-state index contributed by atoms with van der Waals surface area (Å²) in [6.07, 6.45) is -0.890. The van der Waals surface area contributed by atoms with Gasteiger partial charge in [-0.15, -0.1) is 0 Å². The molecule has 22 heavy (non-hydrogen) atoms. The Bertz CT molecular complexity index is 665. The van der Waals surface area contributed by atoms with Crippen LogP contribution in [-0.2, 0) is 6.54 Å². The summed E-state index contributed by atoms with van der Waals surface area (Å²) in [7, 11) is 0. The monoisotopic (exact) mass is 341 g/mol. The van der Waals surface area contributed by atoms with E-state index in [1.54, 1.807) is 28.9 Å². The van der Waals surface area contributed by atoms with E-state index in [-0.39, 0.29) is 12.5 Å². The molecule has 1 heterocycles. The van der Waals surface area contributed by atoms with E-state index in [9.17, 15) is 9.90 Å². The molecular weight excluding hydrogens is 325 g/mol. The predicted molar refractivity (Wildman–Crippen MR) is 86.4 cm³/mol. The smallest absolute Gasteiger partial charge is 0.269 e. The number of carbonyl (C=O) groups excluding carboxylic acids is 1. The van der Waals surface area contributed by atoms with Crippen LogP contribution in [0.2, 0.25) is 10.0 Å². The number of nitrogens with one attached hydrogen (secondary N) is 1. The van der Waals surface area contributed by atoms with Crippen LogP contribution in [0.15, 0.2) is 24.3 Å². The molecule has 0 radical (unpaired) electrons. The fourth-order valence-corrected chi connectivity index (χ4v) is 2.68. The lowest BCUT2D eigenvalue weighted by Crippen LogP contribution is -2.30. The summed E-state index contributed by atoms with van der Waals surface area (Å²) in [5.41, 5.74) is 1.79. The number of aliphatic hydroxyl groups excluding tert-OH is 1. The molecule has 1 aromatic carbocycles. The van der Waals surface area contributed by atoms with Crippen molar-refractivity contribution in [2.75, 3.05) is 6.54 Å². The Balaban J connectivity index is 2.04. The molecule has 1 unspecified atom stereocenters. The van der Waals surface area contributed by atoms with Crippen molar-refractivity contribution in [3.8, 4) is 0 Å². The molecule has 0 spiro atoms. The topological polar surface area (TPSA) is 67.2 Å². The Labute approximate surface area is 138 Å². The molecule has 2 N–H and O–H groups in total. The van der Waals surface area contributed by atoms with Crippen molar-refractivity contribution in [2.24, 2.45) is 0 Å². The minimum absolute atomic E-state index is 0.0590. The fourth-order valence-electron chi connectivity index (χ4n) is 2.13. The van der Waals surface area contributed by atoms with Gasteiger partial charge >= 0.3 is 0 Å². The zero-order chi connectivity index (χ0) is 16.3. The number of aliphatic hydroxyl groups is 1. The molecule has 0 aliphatic carbocycles. The van der Waals surface area contributed by atoms with E-state index in [2.05, 4.69) is 10.4 Å². The molecule has 118 valence electrons. The first kappa shape index (κ1) is 16.8. The summed E-state index contributed by atoms with van der Waals surface area (Å²) in [4.78, 5) is 12.2. The van der Waals surface area contributed by atoms with Gasteiger partial charge in [0.05, 0.1) is 11.8 Å². The lowest BCUT2D eigenvalue weighted by Gasteiger charge is -2.13. The van der Waals surface area contributed by atoms with Gasteiger partial charge in [0.15, 0.2) is 0 Å². The fraction of sp³-hybridized carbons (Fsp3) is 0.333. The standard InChI is InChI=1S/C15H17Cl2N3O2/c1-3-20-13(4-9(2)19-20)15(22)18-8-14(21)10-5-11(16)7-12(17)6-10/h4-7,14,21H,3,8H2,1-2H3,(H,18,22). The van der Waals surface area contributed by atoms with Gasteiger partial charge in [0, 0.05) is 23.1 Å². The van der Waals surface area contributed by atoms with E-state index >= 15 is 0 Å². The second-order valence-electron chi connectivity index (χ2n) is 4.92. The minimum atomic E-state index is -0.890. The zero-order valence-corrected chi connectivity index (χ0v) is 13.8. The van der Waals surface area contributed by atoms with E-state index in [1.807, 2.05) is 13.8 Å². The third-order valence-corrected chi connectivity index (χ3v) is 3.60. The number of hydrogen-bond donors (Lipinski definition) is 2. The summed E-state index contributed by atoms with van der Waals surface area (Å²) in [6, 6.07) is 6.53. The van der Waals surface area contributed by atoms with Crippen LogP contribution >= 0.6 is 23.2 Å². The van der Waals surface area contributed by atoms with Gasteiger partial charge in [0.25, 0.3) is 5.91 Å². The number of halogens is 2. The molecule has 0 bridgehead atoms. The lowest BCUT2D eigenvalue weighted by atomic mass is 10.1. The molecular formula is C15H17Cl2N3O2. The number of rotatable bonds is 5. The highest BCUT2D eigenvalue weighted by Gasteiger charge is 2.15. The molecule has 1 atom stereocenters. The number of amides is 1. The van der Waals surface area contributed by atoms with E-state index in [0.717, 1.165) is 5.69 Å². The second-order valence-corrected chi connectivity index (χ2v) is 5.79. The molecule has 7 heteroatoms. The van der Waals surface area contributed by atoms with Gasteiger partial charge in [0.1, 0.15) is 5.69 Å². The number of nitrogens with zero attached hydrogens (tertiary/aromatic N) is 2. The first-order chi connectivity index (χ1) is 10.4. The molecule has 2 aromatic rings. The molecule has 0 aliphatic heterocycles. The van der Waals surface area contributed by atoms with Crippen LogP contribution in [0, 0.1) is 6.92 Å². The van der Waals surface area contributed by atoms with E-state index in [1.165, 1.54) is 0 Å². The van der Waals surface area contributed by atoms with Crippen molar-refractivity contribution in [3.05, 3.63) is 51.3 Å².